The number of nitrogens with one attached hydrogen (secondary N) is 1. The van der Waals surface area contributed by atoms with Crippen LogP contribution in [0.4, 0.5) is 10.5 Å². The van der Waals surface area contributed by atoms with Crippen molar-refractivity contribution in [3.8, 4) is 16.9 Å². The second-order valence-electron chi connectivity index (χ2n) is 7.27. The molecule has 0 bridgehead atoms. The van der Waals surface area contributed by atoms with Gasteiger partial charge in [-0.2, -0.15) is 0 Å². The van der Waals surface area contributed by atoms with Gasteiger partial charge in [0, 0.05) is 37.0 Å². The average molecular weight is 453 g/mol. The summed E-state index contributed by atoms with van der Waals surface area (Å²) in [5, 5.41) is 3.31. The molecule has 0 radical (unpaired) electrons. The Balaban J connectivity index is 2.07. The Bertz CT molecular complexity index is 1200. The fourth-order valence-corrected chi connectivity index (χ4v) is 3.49. The first-order chi connectivity index (χ1) is 16.0. The zero-order valence-electron chi connectivity index (χ0n) is 18.9. The van der Waals surface area contributed by atoms with Crippen LogP contribution in [0.3, 0.4) is 0 Å². The van der Waals surface area contributed by atoms with Crippen LogP contribution in [0.5, 0.6) is 5.75 Å². The molecule has 0 saturated heterocycles. The quantitative estimate of drug-likeness (QED) is 0.385. The van der Waals surface area contributed by atoms with Gasteiger partial charge in [0.2, 0.25) is 0 Å². The highest BCUT2D eigenvalue weighted by Crippen LogP contribution is 2.34. The largest absolute Gasteiger partial charge is 0.493 e. The number of benzene rings is 1. The minimum Gasteiger partial charge on any atom is -0.493 e. The molecule has 0 unspecified atom stereocenters. The van der Waals surface area contributed by atoms with Gasteiger partial charge < -0.3 is 14.2 Å². The molecule has 0 aliphatic heterocycles. The van der Waals surface area contributed by atoms with Crippen molar-refractivity contribution in [2.75, 3.05) is 25.6 Å². The Morgan fingerprint density at radius 1 is 1.15 bits per heavy atom. The Labute approximate surface area is 191 Å². The molecule has 1 aromatic carbocycles. The predicted octanol–water partition coefficient (Wildman–Crippen LogP) is 3.98. The first-order valence-electron chi connectivity index (χ1n) is 10.7. The van der Waals surface area contributed by atoms with Crippen molar-refractivity contribution in [3.05, 3.63) is 52.9 Å². The van der Waals surface area contributed by atoms with E-state index in [1.807, 2.05) is 19.1 Å². The van der Waals surface area contributed by atoms with E-state index in [2.05, 4.69) is 10.3 Å². The van der Waals surface area contributed by atoms with Crippen LogP contribution in [0, 0.1) is 0 Å². The maximum absolute atomic E-state index is 13.4. The molecule has 174 valence electrons. The number of pyridine rings is 2. The number of methoxy groups -OCH3 is 1. The molecule has 0 fully saturated rings. The molecule has 1 amide bonds. The van der Waals surface area contributed by atoms with E-state index in [0.717, 1.165) is 6.42 Å². The molecule has 2 aromatic heterocycles. The summed E-state index contributed by atoms with van der Waals surface area (Å²) in [6.07, 6.45) is 2.16. The van der Waals surface area contributed by atoms with Crippen molar-refractivity contribution in [2.24, 2.45) is 0 Å². The SMILES string of the molecule is CCCn1c(=O)c(NC(=O)OC)c(-c2cccc(OCCCOC(C)=O)c2)c2cccnc21. The lowest BCUT2D eigenvalue weighted by Crippen LogP contribution is -2.27. The van der Waals surface area contributed by atoms with E-state index >= 15 is 0 Å². The molecule has 0 aliphatic rings. The molecule has 0 saturated carbocycles. The summed E-state index contributed by atoms with van der Waals surface area (Å²) in [5.41, 5.74) is 1.49. The van der Waals surface area contributed by atoms with Crippen LogP contribution in [0.15, 0.2) is 47.4 Å². The Hall–Kier alpha value is -3.88. The van der Waals surface area contributed by atoms with Gasteiger partial charge in [-0.3, -0.25) is 19.5 Å². The van der Waals surface area contributed by atoms with E-state index in [0.29, 0.717) is 47.5 Å². The number of aromatic nitrogens is 2. The molecular weight excluding hydrogens is 426 g/mol. The number of aryl methyl sites for hydroxylation is 1. The van der Waals surface area contributed by atoms with Gasteiger partial charge in [0.15, 0.2) is 0 Å². The molecule has 33 heavy (non-hydrogen) atoms. The van der Waals surface area contributed by atoms with Crippen LogP contribution < -0.4 is 15.6 Å². The van der Waals surface area contributed by atoms with E-state index < -0.39 is 6.09 Å². The van der Waals surface area contributed by atoms with Gasteiger partial charge in [-0.05, 0) is 36.2 Å². The van der Waals surface area contributed by atoms with Gasteiger partial charge in [0.05, 0.1) is 20.3 Å². The van der Waals surface area contributed by atoms with Crippen molar-refractivity contribution in [3.63, 3.8) is 0 Å². The molecular formula is C24H27N3O6. The summed E-state index contributed by atoms with van der Waals surface area (Å²) >= 11 is 0. The van der Waals surface area contributed by atoms with Crippen LogP contribution in [-0.2, 0) is 20.8 Å². The van der Waals surface area contributed by atoms with Crippen molar-refractivity contribution < 1.29 is 23.8 Å². The number of hydrogen-bond donors (Lipinski definition) is 1. The summed E-state index contributed by atoms with van der Waals surface area (Å²) in [6.45, 7) is 4.40. The Kier molecular flexibility index (Phi) is 8.01. The summed E-state index contributed by atoms with van der Waals surface area (Å²) in [5.74, 6) is 0.245. The number of carbonyl (C=O) groups excluding carboxylic acids is 2. The standard InChI is InChI=1S/C24H27N3O6/c1-4-12-27-22-19(10-6-11-25-22)20(21(23(27)29)26-24(30)31-3)17-8-5-9-18(15-17)33-14-7-13-32-16(2)28/h5-6,8-11,15H,4,7,12-14H2,1-3H3,(H,26,30). The van der Waals surface area contributed by atoms with Crippen LogP contribution in [-0.4, -0.2) is 41.9 Å². The lowest BCUT2D eigenvalue weighted by Gasteiger charge is -2.18. The lowest BCUT2D eigenvalue weighted by atomic mass is 10.00. The highest BCUT2D eigenvalue weighted by Gasteiger charge is 2.21. The Morgan fingerprint density at radius 2 is 1.97 bits per heavy atom. The van der Waals surface area contributed by atoms with E-state index in [4.69, 9.17) is 14.2 Å². The molecule has 9 nitrogen and oxygen atoms in total. The number of carbonyl (C=O) groups is 2. The molecule has 0 atom stereocenters. The third kappa shape index (κ3) is 5.68. The summed E-state index contributed by atoms with van der Waals surface area (Å²) < 4.78 is 17.0. The van der Waals surface area contributed by atoms with Crippen LogP contribution >= 0.6 is 0 Å². The molecule has 3 rings (SSSR count). The number of nitrogens with zero attached hydrogens (tertiary/aromatic N) is 2. The van der Waals surface area contributed by atoms with Crippen LogP contribution in [0.1, 0.15) is 26.7 Å². The maximum atomic E-state index is 13.4. The number of ether oxygens (including phenoxy) is 3. The van der Waals surface area contributed by atoms with Gasteiger partial charge in [0.1, 0.15) is 17.1 Å². The smallest absolute Gasteiger partial charge is 0.411 e. The highest BCUT2D eigenvalue weighted by atomic mass is 16.5. The topological polar surface area (TPSA) is 109 Å². The number of esters is 1. The number of amides is 1. The fraction of sp³-hybridized carbons (Fsp3) is 0.333. The summed E-state index contributed by atoms with van der Waals surface area (Å²) in [4.78, 5) is 40.8. The number of rotatable bonds is 9. The second kappa shape index (κ2) is 11.1. The van der Waals surface area contributed by atoms with Gasteiger partial charge in [-0.15, -0.1) is 0 Å². The van der Waals surface area contributed by atoms with E-state index in [9.17, 15) is 14.4 Å². The number of fused-ring (bicyclic) bond motifs is 1. The second-order valence-corrected chi connectivity index (χ2v) is 7.27. The average Bonchev–Trinajstić information content (AvgIpc) is 2.81. The third-order valence-electron chi connectivity index (χ3n) is 4.87. The first-order valence-corrected chi connectivity index (χ1v) is 10.7. The normalized spacial score (nSPS) is 10.6. The van der Waals surface area contributed by atoms with Crippen LogP contribution in [0.25, 0.3) is 22.2 Å². The van der Waals surface area contributed by atoms with E-state index in [1.54, 1.807) is 35.0 Å². The zero-order chi connectivity index (χ0) is 23.8. The minimum atomic E-state index is -0.738. The molecule has 0 aliphatic carbocycles. The van der Waals surface area contributed by atoms with Crippen LogP contribution in [0.2, 0.25) is 0 Å². The van der Waals surface area contributed by atoms with Gasteiger partial charge >= 0.3 is 12.1 Å². The molecule has 3 aromatic rings. The van der Waals surface area contributed by atoms with Crippen molar-refractivity contribution in [1.82, 2.24) is 9.55 Å². The summed E-state index contributed by atoms with van der Waals surface area (Å²) in [6, 6.07) is 10.9. The number of hydrogen-bond acceptors (Lipinski definition) is 7. The van der Waals surface area contributed by atoms with Gasteiger partial charge in [-0.25, -0.2) is 9.78 Å². The molecule has 1 N–H and O–H groups in total. The monoisotopic (exact) mass is 453 g/mol. The van der Waals surface area contributed by atoms with Gasteiger partial charge in [0.25, 0.3) is 5.56 Å². The van der Waals surface area contributed by atoms with Crippen molar-refractivity contribution >= 4 is 28.8 Å². The van der Waals surface area contributed by atoms with E-state index in [-0.39, 0.29) is 23.8 Å². The maximum Gasteiger partial charge on any atom is 0.411 e. The Morgan fingerprint density at radius 3 is 2.70 bits per heavy atom. The summed E-state index contributed by atoms with van der Waals surface area (Å²) in [7, 11) is 1.24. The fourth-order valence-electron chi connectivity index (χ4n) is 3.49. The zero-order valence-corrected chi connectivity index (χ0v) is 18.9. The predicted molar refractivity (Wildman–Crippen MR) is 125 cm³/mol. The highest BCUT2D eigenvalue weighted by molar-refractivity contribution is 6.03. The number of anilines is 1. The minimum absolute atomic E-state index is 0.114. The molecule has 9 heteroatoms. The first kappa shape index (κ1) is 23.8. The van der Waals surface area contributed by atoms with E-state index in [1.165, 1.54) is 14.0 Å². The molecule has 0 spiro atoms. The van der Waals surface area contributed by atoms with Gasteiger partial charge in [-0.1, -0.05) is 19.1 Å². The third-order valence-corrected chi connectivity index (χ3v) is 4.87. The lowest BCUT2D eigenvalue weighted by molar-refractivity contribution is -0.141. The van der Waals surface area contributed by atoms with Crippen molar-refractivity contribution in [2.45, 2.75) is 33.2 Å². The molecule has 2 heterocycles. The van der Waals surface area contributed by atoms with Crippen molar-refractivity contribution in [1.29, 1.82) is 0 Å².